The number of hydrogen-bond acceptors (Lipinski definition) is 7. The van der Waals surface area contributed by atoms with Gasteiger partial charge in [-0.25, -0.2) is 4.79 Å². The van der Waals surface area contributed by atoms with Crippen molar-refractivity contribution < 1.29 is 25.2 Å². The van der Waals surface area contributed by atoms with Crippen LogP contribution in [0.15, 0.2) is 15.8 Å². The standard InChI is InChI=1S/C11H16N2O7/c1-4-2-13(11(19)12-9(4)18)10-8(17)7(16)6(15)5(3-14)20-10/h2,5-8,10,14-17H,3H2,1H3,(H,12,18,19)/t5-,6+,7+,8-,10-/m0/s1. The summed E-state index contributed by atoms with van der Waals surface area (Å²) in [5.74, 6) is 0. The molecule has 0 aliphatic carbocycles. The summed E-state index contributed by atoms with van der Waals surface area (Å²) in [6.07, 6.45) is -5.97. The number of aryl methyl sites for hydroxylation is 1. The quantitative estimate of drug-likeness (QED) is 0.385. The van der Waals surface area contributed by atoms with E-state index >= 15 is 0 Å². The minimum atomic E-state index is -1.59. The molecule has 0 radical (unpaired) electrons. The van der Waals surface area contributed by atoms with Gasteiger partial charge in [0.25, 0.3) is 5.56 Å². The Bertz CT molecular complexity index is 593. The molecule has 1 aliphatic heterocycles. The lowest BCUT2D eigenvalue weighted by atomic mass is 9.98. The molecule has 1 aliphatic rings. The van der Waals surface area contributed by atoms with Crippen LogP contribution in [0.4, 0.5) is 0 Å². The molecule has 1 saturated heterocycles. The highest BCUT2D eigenvalue weighted by atomic mass is 16.6. The van der Waals surface area contributed by atoms with Gasteiger partial charge in [0.2, 0.25) is 0 Å². The summed E-state index contributed by atoms with van der Waals surface area (Å²) in [5, 5.41) is 38.3. The fourth-order valence-electron chi connectivity index (χ4n) is 2.09. The average molecular weight is 288 g/mol. The number of aliphatic hydroxyl groups excluding tert-OH is 4. The molecule has 2 rings (SSSR count). The van der Waals surface area contributed by atoms with Crippen molar-refractivity contribution in [3.63, 3.8) is 0 Å². The molecule has 0 aromatic carbocycles. The first-order chi connectivity index (χ1) is 9.36. The minimum Gasteiger partial charge on any atom is -0.394 e. The van der Waals surface area contributed by atoms with Gasteiger partial charge in [-0.05, 0) is 6.92 Å². The fraction of sp³-hybridized carbons (Fsp3) is 0.636. The summed E-state index contributed by atoms with van der Waals surface area (Å²) in [6.45, 7) is 0.858. The summed E-state index contributed by atoms with van der Waals surface area (Å²) in [7, 11) is 0. The van der Waals surface area contributed by atoms with Crippen molar-refractivity contribution in [2.24, 2.45) is 0 Å². The Labute approximate surface area is 112 Å². The van der Waals surface area contributed by atoms with Crippen molar-refractivity contribution in [1.82, 2.24) is 9.55 Å². The number of aromatic amines is 1. The predicted molar refractivity (Wildman–Crippen MR) is 65.1 cm³/mol. The molecule has 2 heterocycles. The summed E-state index contributed by atoms with van der Waals surface area (Å²) < 4.78 is 6.13. The van der Waals surface area contributed by atoms with Crippen LogP contribution in [0, 0.1) is 6.92 Å². The Morgan fingerprint density at radius 1 is 1.25 bits per heavy atom. The maximum absolute atomic E-state index is 11.7. The number of aromatic nitrogens is 2. The van der Waals surface area contributed by atoms with E-state index in [1.54, 1.807) is 0 Å². The van der Waals surface area contributed by atoms with Crippen LogP contribution in [-0.4, -0.2) is 61.0 Å². The monoisotopic (exact) mass is 288 g/mol. The van der Waals surface area contributed by atoms with Crippen molar-refractivity contribution in [1.29, 1.82) is 0 Å². The first kappa shape index (κ1) is 14.9. The zero-order valence-corrected chi connectivity index (χ0v) is 10.6. The van der Waals surface area contributed by atoms with Crippen molar-refractivity contribution in [2.45, 2.75) is 37.6 Å². The maximum Gasteiger partial charge on any atom is 0.330 e. The highest BCUT2D eigenvalue weighted by Gasteiger charge is 2.44. The van der Waals surface area contributed by atoms with Crippen molar-refractivity contribution in [2.75, 3.05) is 6.61 Å². The van der Waals surface area contributed by atoms with Gasteiger partial charge in [-0.1, -0.05) is 0 Å². The highest BCUT2D eigenvalue weighted by Crippen LogP contribution is 2.27. The molecule has 0 spiro atoms. The Morgan fingerprint density at radius 2 is 1.90 bits per heavy atom. The number of H-pyrrole nitrogens is 1. The lowest BCUT2D eigenvalue weighted by Crippen LogP contribution is -2.58. The van der Waals surface area contributed by atoms with Gasteiger partial charge < -0.3 is 25.2 Å². The number of nitrogens with zero attached hydrogens (tertiary/aromatic N) is 1. The summed E-state index contributed by atoms with van der Waals surface area (Å²) in [6, 6.07) is 0. The molecule has 112 valence electrons. The summed E-state index contributed by atoms with van der Waals surface area (Å²) in [5.41, 5.74) is -1.19. The molecule has 9 heteroatoms. The predicted octanol–water partition coefficient (Wildman–Crippen LogP) is -3.18. The van der Waals surface area contributed by atoms with Crippen LogP contribution in [0.1, 0.15) is 11.8 Å². The SMILES string of the molecule is Cc1cn([C@H]2O[C@@H](CO)[C@@H](O)[C@@H](O)[C@@H]2O)c(=O)[nH]c1=O. The second kappa shape index (κ2) is 5.46. The van der Waals surface area contributed by atoms with Crippen molar-refractivity contribution >= 4 is 0 Å². The van der Waals surface area contributed by atoms with Gasteiger partial charge in [-0.15, -0.1) is 0 Å². The Hall–Kier alpha value is -1.52. The first-order valence-corrected chi connectivity index (χ1v) is 5.99. The smallest absolute Gasteiger partial charge is 0.330 e. The van der Waals surface area contributed by atoms with Crippen molar-refractivity contribution in [3.8, 4) is 0 Å². The third kappa shape index (κ3) is 2.41. The largest absolute Gasteiger partial charge is 0.394 e. The Kier molecular flexibility index (Phi) is 4.06. The maximum atomic E-state index is 11.7. The van der Waals surface area contributed by atoms with E-state index in [9.17, 15) is 24.9 Å². The van der Waals surface area contributed by atoms with Crippen LogP contribution in [-0.2, 0) is 4.74 Å². The Morgan fingerprint density at radius 3 is 2.50 bits per heavy atom. The zero-order chi connectivity index (χ0) is 15.0. The number of nitrogens with one attached hydrogen (secondary N) is 1. The molecule has 5 N–H and O–H groups in total. The number of rotatable bonds is 2. The highest BCUT2D eigenvalue weighted by molar-refractivity contribution is 5.03. The molecule has 1 fully saturated rings. The van der Waals surface area contributed by atoms with E-state index in [1.807, 2.05) is 4.98 Å². The van der Waals surface area contributed by atoms with Gasteiger partial charge in [0.15, 0.2) is 6.23 Å². The van der Waals surface area contributed by atoms with E-state index < -0.39 is 48.5 Å². The molecule has 0 amide bonds. The number of ether oxygens (including phenoxy) is 1. The van der Waals surface area contributed by atoms with E-state index in [0.717, 1.165) is 4.57 Å². The molecule has 20 heavy (non-hydrogen) atoms. The van der Waals surface area contributed by atoms with E-state index in [2.05, 4.69) is 0 Å². The van der Waals surface area contributed by atoms with Crippen molar-refractivity contribution in [3.05, 3.63) is 32.6 Å². The molecule has 0 bridgehead atoms. The van der Waals surface area contributed by atoms with Crippen LogP contribution in [0.5, 0.6) is 0 Å². The number of aliphatic hydroxyl groups is 4. The van der Waals surface area contributed by atoms with Crippen LogP contribution in [0.3, 0.4) is 0 Å². The van der Waals surface area contributed by atoms with Gasteiger partial charge in [0, 0.05) is 11.8 Å². The molecular weight excluding hydrogens is 272 g/mol. The van der Waals surface area contributed by atoms with Gasteiger partial charge in [0.1, 0.15) is 24.4 Å². The average Bonchev–Trinajstić information content (AvgIpc) is 2.41. The van der Waals surface area contributed by atoms with E-state index in [1.165, 1.54) is 13.1 Å². The van der Waals surface area contributed by atoms with Crippen LogP contribution in [0.2, 0.25) is 0 Å². The molecule has 9 nitrogen and oxygen atoms in total. The van der Waals surface area contributed by atoms with Crippen LogP contribution in [0.25, 0.3) is 0 Å². The summed E-state index contributed by atoms with van der Waals surface area (Å²) >= 11 is 0. The number of hydrogen-bond donors (Lipinski definition) is 5. The molecule has 5 atom stereocenters. The van der Waals surface area contributed by atoms with Gasteiger partial charge in [-0.3, -0.25) is 14.3 Å². The first-order valence-electron chi connectivity index (χ1n) is 5.99. The normalized spacial score (nSPS) is 34.1. The molecule has 1 aromatic rings. The fourth-order valence-corrected chi connectivity index (χ4v) is 2.09. The third-order valence-electron chi connectivity index (χ3n) is 3.29. The van der Waals surface area contributed by atoms with E-state index in [4.69, 9.17) is 9.84 Å². The van der Waals surface area contributed by atoms with E-state index in [-0.39, 0.29) is 5.56 Å². The second-order valence-corrected chi connectivity index (χ2v) is 4.70. The lowest BCUT2D eigenvalue weighted by molar-refractivity contribution is -0.252. The van der Waals surface area contributed by atoms with Crippen LogP contribution < -0.4 is 11.2 Å². The lowest BCUT2D eigenvalue weighted by Gasteiger charge is -2.40. The van der Waals surface area contributed by atoms with E-state index in [0.29, 0.717) is 0 Å². The molecule has 1 aromatic heterocycles. The minimum absolute atomic E-state index is 0.210. The summed E-state index contributed by atoms with van der Waals surface area (Å²) in [4.78, 5) is 25.1. The van der Waals surface area contributed by atoms with Gasteiger partial charge in [0.05, 0.1) is 6.61 Å². The molecule has 0 unspecified atom stereocenters. The zero-order valence-electron chi connectivity index (χ0n) is 10.6. The third-order valence-corrected chi connectivity index (χ3v) is 3.29. The van der Waals surface area contributed by atoms with Gasteiger partial charge >= 0.3 is 5.69 Å². The molecule has 0 saturated carbocycles. The second-order valence-electron chi connectivity index (χ2n) is 4.70. The topological polar surface area (TPSA) is 145 Å². The van der Waals surface area contributed by atoms with Gasteiger partial charge in [-0.2, -0.15) is 0 Å². The Balaban J connectivity index is 2.44. The van der Waals surface area contributed by atoms with Crippen LogP contribution >= 0.6 is 0 Å². The molecular formula is C11H16N2O7.